The summed E-state index contributed by atoms with van der Waals surface area (Å²) in [5.41, 5.74) is 7.87. The molecular formula is C10H15N5O. The topological polar surface area (TPSA) is 82.8 Å². The van der Waals surface area contributed by atoms with Crippen LogP contribution in [-0.4, -0.2) is 19.9 Å². The molecule has 0 saturated carbocycles. The fourth-order valence-corrected chi connectivity index (χ4v) is 1.60. The minimum atomic E-state index is -0.377. The van der Waals surface area contributed by atoms with E-state index < -0.39 is 0 Å². The van der Waals surface area contributed by atoms with Crippen LogP contribution in [0, 0.1) is 6.92 Å². The van der Waals surface area contributed by atoms with E-state index in [1.165, 1.54) is 0 Å². The van der Waals surface area contributed by atoms with Gasteiger partial charge >= 0.3 is 0 Å². The molecule has 0 fully saturated rings. The first-order valence-corrected chi connectivity index (χ1v) is 5.20. The third kappa shape index (κ3) is 1.83. The Morgan fingerprint density at radius 1 is 1.56 bits per heavy atom. The summed E-state index contributed by atoms with van der Waals surface area (Å²) in [6.07, 6.45) is 2.59. The lowest BCUT2D eigenvalue weighted by atomic mass is 10.1. The molecule has 2 N–H and O–H groups in total. The average molecular weight is 221 g/mol. The van der Waals surface area contributed by atoms with Crippen molar-refractivity contribution in [2.24, 2.45) is 12.8 Å². The molecule has 0 bridgehead atoms. The lowest BCUT2D eigenvalue weighted by Gasteiger charge is -2.04. The highest BCUT2D eigenvalue weighted by Gasteiger charge is 2.19. The van der Waals surface area contributed by atoms with E-state index >= 15 is 0 Å². The molecular weight excluding hydrogens is 206 g/mol. The van der Waals surface area contributed by atoms with Gasteiger partial charge in [0.15, 0.2) is 5.82 Å². The number of hydrogen-bond acceptors (Lipinski definition) is 5. The normalized spacial score (nSPS) is 13.0. The summed E-state index contributed by atoms with van der Waals surface area (Å²) < 4.78 is 6.76. The maximum Gasteiger partial charge on any atom is 0.226 e. The van der Waals surface area contributed by atoms with E-state index in [9.17, 15) is 0 Å². The maximum atomic E-state index is 6.06. The van der Waals surface area contributed by atoms with Crippen molar-refractivity contribution in [1.82, 2.24) is 19.9 Å². The third-order valence-electron chi connectivity index (χ3n) is 2.45. The van der Waals surface area contributed by atoms with Crippen molar-refractivity contribution in [3.05, 3.63) is 29.2 Å². The zero-order chi connectivity index (χ0) is 11.7. The van der Waals surface area contributed by atoms with Crippen LogP contribution in [0.1, 0.15) is 35.9 Å². The molecule has 6 heteroatoms. The molecule has 0 amide bonds. The Kier molecular flexibility index (Phi) is 2.74. The van der Waals surface area contributed by atoms with Gasteiger partial charge in [-0.15, -0.1) is 0 Å². The van der Waals surface area contributed by atoms with Gasteiger partial charge in [-0.3, -0.25) is 4.68 Å². The molecule has 1 unspecified atom stereocenters. The third-order valence-corrected chi connectivity index (χ3v) is 2.45. The molecule has 0 aliphatic heterocycles. The van der Waals surface area contributed by atoms with Crippen molar-refractivity contribution in [2.75, 3.05) is 0 Å². The highest BCUT2D eigenvalue weighted by atomic mass is 16.5. The number of nitrogens with two attached hydrogens (primary N) is 1. The highest BCUT2D eigenvalue weighted by Crippen LogP contribution is 2.19. The number of aromatic nitrogens is 4. The van der Waals surface area contributed by atoms with Crippen LogP contribution >= 0.6 is 0 Å². The number of hydrogen-bond donors (Lipinski definition) is 1. The summed E-state index contributed by atoms with van der Waals surface area (Å²) in [5.74, 6) is 1.11. The van der Waals surface area contributed by atoms with Gasteiger partial charge in [0.25, 0.3) is 0 Å². The molecule has 0 aromatic carbocycles. The van der Waals surface area contributed by atoms with Gasteiger partial charge in [-0.2, -0.15) is 10.1 Å². The van der Waals surface area contributed by atoms with Crippen LogP contribution in [0.4, 0.5) is 0 Å². The molecule has 2 aromatic rings. The van der Waals surface area contributed by atoms with E-state index in [0.29, 0.717) is 18.1 Å². The molecule has 0 radical (unpaired) electrons. The van der Waals surface area contributed by atoms with Gasteiger partial charge in [0.2, 0.25) is 5.89 Å². The van der Waals surface area contributed by atoms with Gasteiger partial charge in [0.1, 0.15) is 0 Å². The first-order chi connectivity index (χ1) is 7.61. The number of nitrogens with zero attached hydrogens (tertiary/aromatic N) is 4. The van der Waals surface area contributed by atoms with Gasteiger partial charge < -0.3 is 10.3 Å². The van der Waals surface area contributed by atoms with Gasteiger partial charge in [0.05, 0.1) is 11.7 Å². The van der Waals surface area contributed by atoms with Crippen molar-refractivity contribution in [3.8, 4) is 0 Å². The zero-order valence-corrected chi connectivity index (χ0v) is 9.64. The fraction of sp³-hybridized carbons (Fsp3) is 0.500. The molecule has 2 aromatic heterocycles. The van der Waals surface area contributed by atoms with Crippen LogP contribution in [0.15, 0.2) is 10.7 Å². The summed E-state index contributed by atoms with van der Waals surface area (Å²) in [4.78, 5) is 4.22. The Bertz CT molecular complexity index is 487. The smallest absolute Gasteiger partial charge is 0.226 e. The Hall–Kier alpha value is -1.69. The predicted molar refractivity (Wildman–Crippen MR) is 57.7 cm³/mol. The minimum Gasteiger partial charge on any atom is -0.339 e. The summed E-state index contributed by atoms with van der Waals surface area (Å²) >= 11 is 0. The first kappa shape index (κ1) is 10.8. The Morgan fingerprint density at radius 2 is 2.31 bits per heavy atom. The van der Waals surface area contributed by atoms with Gasteiger partial charge in [-0.05, 0) is 6.92 Å². The second kappa shape index (κ2) is 4.05. The molecule has 2 rings (SSSR count). The minimum absolute atomic E-state index is 0.377. The monoisotopic (exact) mass is 221 g/mol. The molecule has 6 nitrogen and oxygen atoms in total. The van der Waals surface area contributed by atoms with Crippen molar-refractivity contribution in [1.29, 1.82) is 0 Å². The van der Waals surface area contributed by atoms with Crippen molar-refractivity contribution in [2.45, 2.75) is 26.3 Å². The quantitative estimate of drug-likeness (QED) is 0.825. The SMILES string of the molecule is CCc1nc(C(N)c2cn(C)nc2C)no1. The second-order valence-electron chi connectivity index (χ2n) is 3.72. The van der Waals surface area contributed by atoms with Crippen molar-refractivity contribution < 1.29 is 4.52 Å². The van der Waals surface area contributed by atoms with E-state index in [2.05, 4.69) is 15.2 Å². The first-order valence-electron chi connectivity index (χ1n) is 5.20. The molecule has 0 aliphatic carbocycles. The van der Waals surface area contributed by atoms with E-state index in [1.54, 1.807) is 4.68 Å². The highest BCUT2D eigenvalue weighted by molar-refractivity contribution is 5.24. The molecule has 1 atom stereocenters. The van der Waals surface area contributed by atoms with Gasteiger partial charge in [-0.1, -0.05) is 12.1 Å². The summed E-state index contributed by atoms with van der Waals surface area (Å²) in [6.45, 7) is 3.87. The van der Waals surface area contributed by atoms with Crippen LogP contribution in [0.25, 0.3) is 0 Å². The summed E-state index contributed by atoms with van der Waals surface area (Å²) in [5, 5.41) is 8.10. The van der Waals surface area contributed by atoms with Gasteiger partial charge in [-0.25, -0.2) is 0 Å². The van der Waals surface area contributed by atoms with Crippen LogP contribution in [0.5, 0.6) is 0 Å². The molecule has 0 aliphatic rings. The maximum absolute atomic E-state index is 6.06. The Morgan fingerprint density at radius 3 is 2.81 bits per heavy atom. The van der Waals surface area contributed by atoms with Crippen LogP contribution in [0.2, 0.25) is 0 Å². The van der Waals surface area contributed by atoms with Gasteiger partial charge in [0, 0.05) is 25.2 Å². The largest absolute Gasteiger partial charge is 0.339 e. The predicted octanol–water partition coefficient (Wildman–Crippen LogP) is 0.722. The standard InChI is InChI=1S/C10H15N5O/c1-4-8-12-10(14-16-8)9(11)7-5-15(3)13-6(7)2/h5,9H,4,11H2,1-3H3. The molecule has 16 heavy (non-hydrogen) atoms. The average Bonchev–Trinajstić information content (AvgIpc) is 2.84. The summed E-state index contributed by atoms with van der Waals surface area (Å²) in [7, 11) is 1.86. The van der Waals surface area contributed by atoms with Crippen molar-refractivity contribution in [3.63, 3.8) is 0 Å². The molecule has 0 spiro atoms. The lowest BCUT2D eigenvalue weighted by Crippen LogP contribution is -2.14. The second-order valence-corrected chi connectivity index (χ2v) is 3.72. The van der Waals surface area contributed by atoms with E-state index in [1.807, 2.05) is 27.1 Å². The van der Waals surface area contributed by atoms with E-state index in [4.69, 9.17) is 10.3 Å². The number of rotatable bonds is 3. The Labute approximate surface area is 93.4 Å². The van der Waals surface area contributed by atoms with Crippen LogP contribution in [0.3, 0.4) is 0 Å². The Balaban J connectivity index is 2.31. The van der Waals surface area contributed by atoms with Crippen molar-refractivity contribution >= 4 is 0 Å². The van der Waals surface area contributed by atoms with Crippen LogP contribution < -0.4 is 5.73 Å². The molecule has 0 saturated heterocycles. The lowest BCUT2D eigenvalue weighted by molar-refractivity contribution is 0.375. The number of aryl methyl sites for hydroxylation is 3. The molecule has 86 valence electrons. The fourth-order valence-electron chi connectivity index (χ4n) is 1.60. The molecule has 2 heterocycles. The van der Waals surface area contributed by atoms with Crippen LogP contribution in [-0.2, 0) is 13.5 Å². The summed E-state index contributed by atoms with van der Waals surface area (Å²) in [6, 6.07) is -0.377. The zero-order valence-electron chi connectivity index (χ0n) is 9.64. The van der Waals surface area contributed by atoms with E-state index in [-0.39, 0.29) is 6.04 Å². The van der Waals surface area contributed by atoms with E-state index in [0.717, 1.165) is 11.3 Å².